The maximum atomic E-state index is 11.2. The number of hydrogen-bond acceptors (Lipinski definition) is 2. The van der Waals surface area contributed by atoms with Crippen LogP contribution in [0.3, 0.4) is 0 Å². The molecule has 18 heavy (non-hydrogen) atoms. The summed E-state index contributed by atoms with van der Waals surface area (Å²) in [5, 5.41) is 15.9. The van der Waals surface area contributed by atoms with Crippen LogP contribution in [0.15, 0.2) is 6.20 Å². The van der Waals surface area contributed by atoms with E-state index in [0.29, 0.717) is 23.4 Å². The first-order valence-electron chi connectivity index (χ1n) is 6.99. The molecule has 4 nitrogen and oxygen atoms in total. The average molecular weight is 246 g/mol. The van der Waals surface area contributed by atoms with Gasteiger partial charge >= 0.3 is 5.97 Å². The number of nitrogens with zero attached hydrogens (tertiary/aromatic N) is 1. The molecule has 2 N–H and O–H groups in total. The van der Waals surface area contributed by atoms with Crippen LogP contribution in [0.4, 0.5) is 0 Å². The standard InChI is InChI=1S/C14H18N2O2/c17-14(18)13-11(6-15-16-13)12-9-2-7-1-8(4-9)5-10(12)3-7/h6-10,12H,1-5H2,(H,15,16)(H,17,18). The smallest absolute Gasteiger partial charge is 0.354 e. The van der Waals surface area contributed by atoms with Crippen molar-refractivity contribution in [2.75, 3.05) is 0 Å². The van der Waals surface area contributed by atoms with E-state index in [1.54, 1.807) is 6.20 Å². The van der Waals surface area contributed by atoms with Crippen LogP contribution in [-0.2, 0) is 0 Å². The van der Waals surface area contributed by atoms with E-state index in [0.717, 1.165) is 17.4 Å². The second kappa shape index (κ2) is 3.59. The van der Waals surface area contributed by atoms with E-state index < -0.39 is 5.97 Å². The summed E-state index contributed by atoms with van der Waals surface area (Å²) < 4.78 is 0. The molecule has 1 aromatic rings. The van der Waals surface area contributed by atoms with E-state index in [-0.39, 0.29) is 0 Å². The van der Waals surface area contributed by atoms with Gasteiger partial charge in [-0.15, -0.1) is 0 Å². The maximum absolute atomic E-state index is 11.2. The zero-order valence-electron chi connectivity index (χ0n) is 10.3. The fourth-order valence-electron chi connectivity index (χ4n) is 5.15. The summed E-state index contributed by atoms with van der Waals surface area (Å²) in [7, 11) is 0. The van der Waals surface area contributed by atoms with E-state index >= 15 is 0 Å². The van der Waals surface area contributed by atoms with E-state index in [1.165, 1.54) is 32.1 Å². The van der Waals surface area contributed by atoms with Gasteiger partial charge in [0.15, 0.2) is 0 Å². The van der Waals surface area contributed by atoms with Crippen LogP contribution in [0, 0.1) is 23.7 Å². The molecule has 4 heteroatoms. The van der Waals surface area contributed by atoms with Gasteiger partial charge in [-0.1, -0.05) is 0 Å². The van der Waals surface area contributed by atoms with Crippen molar-refractivity contribution in [2.24, 2.45) is 23.7 Å². The summed E-state index contributed by atoms with van der Waals surface area (Å²) in [6.07, 6.45) is 8.42. The van der Waals surface area contributed by atoms with Crippen LogP contribution in [0.25, 0.3) is 0 Å². The lowest BCUT2D eigenvalue weighted by Crippen LogP contribution is -2.44. The van der Waals surface area contributed by atoms with Crippen LogP contribution in [0.5, 0.6) is 0 Å². The van der Waals surface area contributed by atoms with Crippen LogP contribution < -0.4 is 0 Å². The van der Waals surface area contributed by atoms with Crippen LogP contribution in [-0.4, -0.2) is 21.3 Å². The van der Waals surface area contributed by atoms with Crippen molar-refractivity contribution in [2.45, 2.75) is 38.0 Å². The molecule has 1 aromatic heterocycles. The molecule has 1 heterocycles. The number of H-pyrrole nitrogens is 1. The highest BCUT2D eigenvalue weighted by molar-refractivity contribution is 5.87. The normalized spacial score (nSPS) is 41.2. The van der Waals surface area contributed by atoms with Gasteiger partial charge in [0.1, 0.15) is 5.69 Å². The minimum Gasteiger partial charge on any atom is -0.477 e. The number of aromatic amines is 1. The zero-order valence-corrected chi connectivity index (χ0v) is 10.3. The molecule has 0 spiro atoms. The fourth-order valence-corrected chi connectivity index (χ4v) is 5.15. The lowest BCUT2D eigenvalue weighted by molar-refractivity contribution is -0.00314. The Morgan fingerprint density at radius 2 is 1.78 bits per heavy atom. The van der Waals surface area contributed by atoms with Crippen LogP contribution >= 0.6 is 0 Å². The summed E-state index contributed by atoms with van der Waals surface area (Å²) in [5.41, 5.74) is 1.30. The largest absolute Gasteiger partial charge is 0.477 e. The topological polar surface area (TPSA) is 66.0 Å². The Kier molecular flexibility index (Phi) is 2.11. The number of aromatic carboxylic acids is 1. The molecular formula is C14H18N2O2. The van der Waals surface area contributed by atoms with E-state index in [1.807, 2.05) is 0 Å². The van der Waals surface area contributed by atoms with Crippen molar-refractivity contribution in [3.05, 3.63) is 17.5 Å². The lowest BCUT2D eigenvalue weighted by Gasteiger charge is -2.54. The zero-order chi connectivity index (χ0) is 12.3. The first-order valence-corrected chi connectivity index (χ1v) is 6.99. The summed E-state index contributed by atoms with van der Waals surface area (Å²) in [4.78, 5) is 11.2. The van der Waals surface area contributed by atoms with Crippen molar-refractivity contribution in [1.29, 1.82) is 0 Å². The van der Waals surface area contributed by atoms with Gasteiger partial charge in [-0.25, -0.2) is 4.79 Å². The van der Waals surface area contributed by atoms with Crippen LogP contribution in [0.1, 0.15) is 54.1 Å². The first-order chi connectivity index (χ1) is 8.72. The van der Waals surface area contributed by atoms with Gasteiger partial charge in [0, 0.05) is 5.56 Å². The molecular weight excluding hydrogens is 228 g/mol. The van der Waals surface area contributed by atoms with Crippen molar-refractivity contribution in [3.63, 3.8) is 0 Å². The van der Waals surface area contributed by atoms with Gasteiger partial charge in [0.2, 0.25) is 0 Å². The molecule has 0 amide bonds. The Morgan fingerprint density at radius 3 is 2.33 bits per heavy atom. The Morgan fingerprint density at radius 1 is 1.17 bits per heavy atom. The van der Waals surface area contributed by atoms with Gasteiger partial charge in [0.25, 0.3) is 0 Å². The Bertz CT molecular complexity index is 466. The Labute approximate surface area is 106 Å². The van der Waals surface area contributed by atoms with E-state index in [9.17, 15) is 9.90 Å². The summed E-state index contributed by atoms with van der Waals surface area (Å²) in [5.74, 6) is 2.83. The van der Waals surface area contributed by atoms with Crippen molar-refractivity contribution in [1.82, 2.24) is 10.2 Å². The molecule has 0 unspecified atom stereocenters. The number of carboxylic acid groups (broad SMARTS) is 1. The molecule has 0 saturated heterocycles. The van der Waals surface area contributed by atoms with Gasteiger partial charge in [-0.2, -0.15) is 5.10 Å². The number of carboxylic acids is 1. The molecule has 5 rings (SSSR count). The monoisotopic (exact) mass is 246 g/mol. The predicted octanol–water partition coefficient (Wildman–Crippen LogP) is 2.65. The highest BCUT2D eigenvalue weighted by Crippen LogP contribution is 2.59. The van der Waals surface area contributed by atoms with Gasteiger partial charge in [-0.05, 0) is 61.7 Å². The fraction of sp³-hybridized carbons (Fsp3) is 0.714. The quantitative estimate of drug-likeness (QED) is 0.843. The molecule has 4 bridgehead atoms. The summed E-state index contributed by atoms with van der Waals surface area (Å²) in [6.45, 7) is 0. The van der Waals surface area contributed by atoms with Crippen molar-refractivity contribution < 1.29 is 9.90 Å². The number of hydrogen-bond donors (Lipinski definition) is 2. The van der Waals surface area contributed by atoms with E-state index in [2.05, 4.69) is 10.2 Å². The third-order valence-electron chi connectivity index (χ3n) is 5.47. The lowest BCUT2D eigenvalue weighted by atomic mass is 9.51. The highest BCUT2D eigenvalue weighted by Gasteiger charge is 2.49. The highest BCUT2D eigenvalue weighted by atomic mass is 16.4. The van der Waals surface area contributed by atoms with Gasteiger partial charge in [0.05, 0.1) is 6.20 Å². The molecule has 96 valence electrons. The third-order valence-corrected chi connectivity index (χ3v) is 5.47. The second-order valence-electron chi connectivity index (χ2n) is 6.46. The molecule has 4 aliphatic rings. The average Bonchev–Trinajstić information content (AvgIpc) is 2.76. The molecule has 4 saturated carbocycles. The molecule has 4 aliphatic carbocycles. The third kappa shape index (κ3) is 1.38. The van der Waals surface area contributed by atoms with Gasteiger partial charge in [-0.3, -0.25) is 5.10 Å². The number of carbonyl (C=O) groups is 1. The van der Waals surface area contributed by atoms with Crippen molar-refractivity contribution in [3.8, 4) is 0 Å². The SMILES string of the molecule is O=C(O)c1[nH]ncc1C1C2CC3CC(C2)CC1C3. The van der Waals surface area contributed by atoms with Gasteiger partial charge < -0.3 is 5.11 Å². The minimum atomic E-state index is -0.865. The van der Waals surface area contributed by atoms with Crippen LogP contribution in [0.2, 0.25) is 0 Å². The molecule has 0 aromatic carbocycles. The first kappa shape index (κ1) is 10.6. The summed E-state index contributed by atoms with van der Waals surface area (Å²) >= 11 is 0. The molecule has 0 atom stereocenters. The summed E-state index contributed by atoms with van der Waals surface area (Å²) in [6, 6.07) is 0. The van der Waals surface area contributed by atoms with Crippen molar-refractivity contribution >= 4 is 5.97 Å². The molecule has 4 fully saturated rings. The maximum Gasteiger partial charge on any atom is 0.354 e. The number of rotatable bonds is 2. The molecule has 0 aliphatic heterocycles. The Balaban J connectivity index is 1.72. The number of nitrogens with one attached hydrogen (secondary N) is 1. The number of aromatic nitrogens is 2. The molecule has 0 radical (unpaired) electrons. The Hall–Kier alpha value is -1.32. The van der Waals surface area contributed by atoms with E-state index in [4.69, 9.17) is 0 Å². The second-order valence-corrected chi connectivity index (χ2v) is 6.46. The predicted molar refractivity (Wildman–Crippen MR) is 65.3 cm³/mol. The minimum absolute atomic E-state index is 0.326.